The van der Waals surface area contributed by atoms with Crippen molar-refractivity contribution >= 4 is 0 Å². The first kappa shape index (κ1) is 12.6. The first-order chi connectivity index (χ1) is 8.72. The monoisotopic (exact) mass is 247 g/mol. The summed E-state index contributed by atoms with van der Waals surface area (Å²) in [5.74, 6) is 0.620. The minimum Gasteiger partial charge on any atom is -0.495 e. The summed E-state index contributed by atoms with van der Waals surface area (Å²) in [6.45, 7) is 0. The van der Waals surface area contributed by atoms with Gasteiger partial charge in [0, 0.05) is 30.7 Å². The van der Waals surface area contributed by atoms with Gasteiger partial charge in [-0.3, -0.25) is 9.67 Å². The fourth-order valence-corrected chi connectivity index (χ4v) is 1.92. The third-order valence-corrected chi connectivity index (χ3v) is 2.99. The second kappa shape index (κ2) is 5.64. The lowest BCUT2D eigenvalue weighted by Gasteiger charge is -2.14. The molecule has 0 spiro atoms. The average molecular weight is 247 g/mol. The van der Waals surface area contributed by atoms with Crippen molar-refractivity contribution < 1.29 is 9.84 Å². The third-order valence-electron chi connectivity index (χ3n) is 2.99. The number of ether oxygens (including phenoxy) is 1. The molecule has 1 unspecified atom stereocenters. The highest BCUT2D eigenvalue weighted by molar-refractivity contribution is 5.31. The van der Waals surface area contributed by atoms with Crippen LogP contribution in [0.3, 0.4) is 0 Å². The molecular formula is C13H17N3O2. The Balaban J connectivity index is 2.03. The molecule has 1 atom stereocenters. The van der Waals surface area contributed by atoms with E-state index in [1.807, 2.05) is 17.8 Å². The van der Waals surface area contributed by atoms with Gasteiger partial charge in [-0.15, -0.1) is 0 Å². The number of aromatic nitrogens is 3. The van der Waals surface area contributed by atoms with Crippen LogP contribution in [0.2, 0.25) is 0 Å². The number of hydrogen-bond acceptors (Lipinski definition) is 4. The molecule has 5 heteroatoms. The second-order valence-corrected chi connectivity index (χ2v) is 4.12. The van der Waals surface area contributed by atoms with Crippen molar-refractivity contribution in [1.82, 2.24) is 14.8 Å². The van der Waals surface area contributed by atoms with E-state index in [0.717, 1.165) is 17.7 Å². The van der Waals surface area contributed by atoms with Crippen LogP contribution in [0.5, 0.6) is 5.75 Å². The zero-order valence-corrected chi connectivity index (χ0v) is 10.6. The van der Waals surface area contributed by atoms with Gasteiger partial charge in [-0.1, -0.05) is 0 Å². The Labute approximate surface area is 106 Å². The Bertz CT molecular complexity index is 510. The molecule has 0 aliphatic carbocycles. The maximum absolute atomic E-state index is 10.2. The van der Waals surface area contributed by atoms with Crippen molar-refractivity contribution in [1.29, 1.82) is 0 Å². The molecule has 2 aromatic rings. The summed E-state index contributed by atoms with van der Waals surface area (Å²) in [6, 6.07) is 3.74. The average Bonchev–Trinajstić information content (AvgIpc) is 2.81. The van der Waals surface area contributed by atoms with E-state index in [0.29, 0.717) is 12.2 Å². The maximum atomic E-state index is 10.2. The highest BCUT2D eigenvalue weighted by Gasteiger charge is 2.13. The van der Waals surface area contributed by atoms with Gasteiger partial charge in [0.05, 0.1) is 19.4 Å². The fraction of sp³-hybridized carbons (Fsp3) is 0.385. The molecule has 0 saturated carbocycles. The summed E-state index contributed by atoms with van der Waals surface area (Å²) in [5.41, 5.74) is 1.87. The third kappa shape index (κ3) is 2.68. The topological polar surface area (TPSA) is 60.2 Å². The molecule has 0 amide bonds. The van der Waals surface area contributed by atoms with Gasteiger partial charge in [0.2, 0.25) is 0 Å². The van der Waals surface area contributed by atoms with Crippen molar-refractivity contribution in [3.8, 4) is 5.75 Å². The van der Waals surface area contributed by atoms with Gasteiger partial charge in [0.1, 0.15) is 5.75 Å². The molecule has 96 valence electrons. The Morgan fingerprint density at radius 1 is 1.39 bits per heavy atom. The Morgan fingerprint density at radius 2 is 2.22 bits per heavy atom. The Kier molecular flexibility index (Phi) is 3.94. The van der Waals surface area contributed by atoms with Crippen LogP contribution in [-0.4, -0.2) is 27.0 Å². The molecule has 18 heavy (non-hydrogen) atoms. The van der Waals surface area contributed by atoms with Crippen molar-refractivity contribution in [3.05, 3.63) is 42.0 Å². The molecule has 0 radical (unpaired) electrons. The van der Waals surface area contributed by atoms with Gasteiger partial charge in [0.25, 0.3) is 0 Å². The van der Waals surface area contributed by atoms with E-state index >= 15 is 0 Å². The van der Waals surface area contributed by atoms with Gasteiger partial charge in [0.15, 0.2) is 0 Å². The number of aliphatic hydroxyl groups excluding tert-OH is 1. The number of hydrogen-bond donors (Lipinski definition) is 1. The van der Waals surface area contributed by atoms with Crippen LogP contribution in [-0.2, 0) is 13.5 Å². The fourth-order valence-electron chi connectivity index (χ4n) is 1.92. The molecule has 0 aliphatic heterocycles. The molecule has 2 aromatic heterocycles. The second-order valence-electron chi connectivity index (χ2n) is 4.12. The largest absolute Gasteiger partial charge is 0.495 e. The van der Waals surface area contributed by atoms with Crippen molar-refractivity contribution in [3.63, 3.8) is 0 Å². The highest BCUT2D eigenvalue weighted by Crippen LogP contribution is 2.26. The van der Waals surface area contributed by atoms with Crippen LogP contribution in [0.1, 0.15) is 23.8 Å². The van der Waals surface area contributed by atoms with E-state index in [4.69, 9.17) is 4.74 Å². The van der Waals surface area contributed by atoms with E-state index in [9.17, 15) is 5.11 Å². The summed E-state index contributed by atoms with van der Waals surface area (Å²) in [4.78, 5) is 3.97. The lowest BCUT2D eigenvalue weighted by molar-refractivity contribution is 0.163. The quantitative estimate of drug-likeness (QED) is 0.869. The molecule has 0 saturated heterocycles. The van der Waals surface area contributed by atoms with Crippen molar-refractivity contribution in [2.24, 2.45) is 7.05 Å². The molecule has 5 nitrogen and oxygen atoms in total. The standard InChI is InChI=1S/C13H17N3O2/c1-16-10(5-8-15-16)3-4-12(17)11-6-7-14-9-13(11)18-2/h5-9,12,17H,3-4H2,1-2H3. The van der Waals surface area contributed by atoms with Gasteiger partial charge in [-0.2, -0.15) is 5.10 Å². The van der Waals surface area contributed by atoms with E-state index in [-0.39, 0.29) is 0 Å². The lowest BCUT2D eigenvalue weighted by atomic mass is 10.0. The molecule has 2 heterocycles. The van der Waals surface area contributed by atoms with Crippen LogP contribution < -0.4 is 4.74 Å². The maximum Gasteiger partial charge on any atom is 0.142 e. The van der Waals surface area contributed by atoms with E-state index < -0.39 is 6.10 Å². The van der Waals surface area contributed by atoms with Gasteiger partial charge in [-0.25, -0.2) is 0 Å². The highest BCUT2D eigenvalue weighted by atomic mass is 16.5. The number of nitrogens with zero attached hydrogens (tertiary/aromatic N) is 3. The van der Waals surface area contributed by atoms with E-state index in [1.54, 1.807) is 31.8 Å². The molecular weight excluding hydrogens is 230 g/mol. The van der Waals surface area contributed by atoms with Crippen LogP contribution in [0.4, 0.5) is 0 Å². The number of methoxy groups -OCH3 is 1. The predicted molar refractivity (Wildman–Crippen MR) is 67.3 cm³/mol. The minimum absolute atomic E-state index is 0.558. The van der Waals surface area contributed by atoms with Gasteiger partial charge in [-0.05, 0) is 25.0 Å². The first-order valence-corrected chi connectivity index (χ1v) is 5.85. The summed E-state index contributed by atoms with van der Waals surface area (Å²) in [7, 11) is 3.48. The Morgan fingerprint density at radius 3 is 2.89 bits per heavy atom. The van der Waals surface area contributed by atoms with Crippen molar-refractivity contribution in [2.45, 2.75) is 18.9 Å². The SMILES string of the molecule is COc1cnccc1C(O)CCc1ccnn1C. The molecule has 0 aliphatic rings. The summed E-state index contributed by atoms with van der Waals surface area (Å²) in [6.07, 6.45) is 5.86. The van der Waals surface area contributed by atoms with E-state index in [1.165, 1.54) is 0 Å². The molecule has 0 fully saturated rings. The van der Waals surface area contributed by atoms with E-state index in [2.05, 4.69) is 10.1 Å². The zero-order valence-electron chi connectivity index (χ0n) is 10.6. The smallest absolute Gasteiger partial charge is 0.142 e. The van der Waals surface area contributed by atoms with Gasteiger partial charge >= 0.3 is 0 Å². The Hall–Kier alpha value is -1.88. The number of pyridine rings is 1. The van der Waals surface area contributed by atoms with Crippen LogP contribution in [0.25, 0.3) is 0 Å². The summed E-state index contributed by atoms with van der Waals surface area (Å²) >= 11 is 0. The lowest BCUT2D eigenvalue weighted by Crippen LogP contribution is -2.05. The molecule has 1 N–H and O–H groups in total. The zero-order chi connectivity index (χ0) is 13.0. The first-order valence-electron chi connectivity index (χ1n) is 5.85. The number of aryl methyl sites for hydroxylation is 2. The van der Waals surface area contributed by atoms with Crippen molar-refractivity contribution in [2.75, 3.05) is 7.11 Å². The molecule has 0 bridgehead atoms. The summed E-state index contributed by atoms with van der Waals surface area (Å²) in [5, 5.41) is 14.3. The molecule has 0 aromatic carbocycles. The van der Waals surface area contributed by atoms with Crippen LogP contribution in [0.15, 0.2) is 30.7 Å². The summed E-state index contributed by atoms with van der Waals surface area (Å²) < 4.78 is 7.00. The van der Waals surface area contributed by atoms with Gasteiger partial charge < -0.3 is 9.84 Å². The molecule has 2 rings (SSSR count). The predicted octanol–water partition coefficient (Wildman–Crippen LogP) is 1.49. The normalized spacial score (nSPS) is 12.4. The van der Waals surface area contributed by atoms with Crippen LogP contribution in [0, 0.1) is 0 Å². The number of aliphatic hydroxyl groups is 1. The number of rotatable bonds is 5. The van der Waals surface area contributed by atoms with Crippen LogP contribution >= 0.6 is 0 Å². The minimum atomic E-state index is -0.558.